The number of carbonyl (C=O) groups excluding carboxylic acids is 1. The van der Waals surface area contributed by atoms with Crippen LogP contribution in [0.25, 0.3) is 0 Å². The lowest BCUT2D eigenvalue weighted by Gasteiger charge is -2.11. The third kappa shape index (κ3) is 3.09. The van der Waals surface area contributed by atoms with Crippen molar-refractivity contribution in [3.63, 3.8) is 0 Å². The standard InChI is InChI=1S/C16H11BrClNO/c1-10-6-11(8-12(17)7-10)16(20)14(9-19)13-4-2-3-5-15(13)18/h2-8,14H,1H3. The molecule has 1 unspecified atom stereocenters. The van der Waals surface area contributed by atoms with Crippen molar-refractivity contribution >= 4 is 33.3 Å². The van der Waals surface area contributed by atoms with Gasteiger partial charge in [-0.1, -0.05) is 45.7 Å². The molecule has 0 saturated carbocycles. The maximum atomic E-state index is 12.5. The van der Waals surface area contributed by atoms with Crippen LogP contribution in [0.1, 0.15) is 27.4 Å². The first-order valence-corrected chi connectivity index (χ1v) is 7.15. The first kappa shape index (κ1) is 14.8. The molecule has 0 fully saturated rings. The Morgan fingerprint density at radius 1 is 1.30 bits per heavy atom. The molecule has 100 valence electrons. The van der Waals surface area contributed by atoms with Crippen molar-refractivity contribution in [3.8, 4) is 6.07 Å². The van der Waals surface area contributed by atoms with Crippen LogP contribution in [0.4, 0.5) is 0 Å². The minimum atomic E-state index is -0.891. The lowest BCUT2D eigenvalue weighted by Crippen LogP contribution is -2.12. The molecule has 2 aromatic rings. The van der Waals surface area contributed by atoms with Gasteiger partial charge in [0.15, 0.2) is 5.78 Å². The van der Waals surface area contributed by atoms with E-state index in [0.29, 0.717) is 16.1 Å². The highest BCUT2D eigenvalue weighted by atomic mass is 79.9. The summed E-state index contributed by atoms with van der Waals surface area (Å²) < 4.78 is 0.816. The zero-order chi connectivity index (χ0) is 14.7. The zero-order valence-corrected chi connectivity index (χ0v) is 13.1. The van der Waals surface area contributed by atoms with Crippen LogP contribution in [0.3, 0.4) is 0 Å². The van der Waals surface area contributed by atoms with E-state index in [1.54, 1.807) is 36.4 Å². The third-order valence-electron chi connectivity index (χ3n) is 2.93. The summed E-state index contributed by atoms with van der Waals surface area (Å²) in [5, 5.41) is 9.76. The number of Topliss-reactive ketones (excluding diaryl/α,β-unsaturated/α-hetero) is 1. The molecule has 0 aromatic heterocycles. The van der Waals surface area contributed by atoms with Crippen LogP contribution in [0.2, 0.25) is 5.02 Å². The second kappa shape index (κ2) is 6.21. The number of hydrogen-bond acceptors (Lipinski definition) is 2. The lowest BCUT2D eigenvalue weighted by molar-refractivity contribution is 0.0978. The smallest absolute Gasteiger partial charge is 0.184 e. The third-order valence-corrected chi connectivity index (χ3v) is 3.74. The fourth-order valence-corrected chi connectivity index (χ4v) is 2.88. The SMILES string of the molecule is Cc1cc(Br)cc(C(=O)C(C#N)c2ccccc2Cl)c1. The molecule has 0 saturated heterocycles. The average molecular weight is 349 g/mol. The number of hydrogen-bond donors (Lipinski definition) is 0. The Morgan fingerprint density at radius 3 is 2.60 bits per heavy atom. The van der Waals surface area contributed by atoms with Crippen molar-refractivity contribution in [2.45, 2.75) is 12.8 Å². The highest BCUT2D eigenvalue weighted by Gasteiger charge is 2.24. The number of aryl methyl sites for hydroxylation is 1. The summed E-state index contributed by atoms with van der Waals surface area (Å²) in [4.78, 5) is 12.5. The van der Waals surface area contributed by atoms with Crippen LogP contribution in [0.15, 0.2) is 46.9 Å². The van der Waals surface area contributed by atoms with Gasteiger partial charge < -0.3 is 0 Å². The quantitative estimate of drug-likeness (QED) is 0.740. The summed E-state index contributed by atoms with van der Waals surface area (Å²) in [5.74, 6) is -1.14. The van der Waals surface area contributed by atoms with Gasteiger partial charge in [0, 0.05) is 15.1 Å². The molecule has 0 N–H and O–H groups in total. The Morgan fingerprint density at radius 2 is 2.00 bits per heavy atom. The van der Waals surface area contributed by atoms with Crippen molar-refractivity contribution in [1.29, 1.82) is 5.26 Å². The Kier molecular flexibility index (Phi) is 4.59. The number of carbonyl (C=O) groups is 1. The number of halogens is 2. The van der Waals surface area contributed by atoms with E-state index in [1.807, 2.05) is 19.1 Å². The Balaban J connectivity index is 2.45. The molecular formula is C16H11BrClNO. The fraction of sp³-hybridized carbons (Fsp3) is 0.125. The van der Waals surface area contributed by atoms with Crippen molar-refractivity contribution < 1.29 is 4.79 Å². The van der Waals surface area contributed by atoms with Crippen molar-refractivity contribution in [2.24, 2.45) is 0 Å². The second-order valence-corrected chi connectivity index (χ2v) is 5.79. The van der Waals surface area contributed by atoms with E-state index in [4.69, 9.17) is 11.6 Å². The molecule has 2 aromatic carbocycles. The number of rotatable bonds is 3. The van der Waals surface area contributed by atoms with E-state index >= 15 is 0 Å². The summed E-state index contributed by atoms with van der Waals surface area (Å²) in [6, 6.07) is 14.4. The second-order valence-electron chi connectivity index (χ2n) is 4.47. The molecule has 2 rings (SSSR count). The van der Waals surface area contributed by atoms with Crippen molar-refractivity contribution in [1.82, 2.24) is 0 Å². The average Bonchev–Trinajstić information content (AvgIpc) is 2.40. The summed E-state index contributed by atoms with van der Waals surface area (Å²) in [6.45, 7) is 1.90. The Labute approximate surface area is 131 Å². The molecular weight excluding hydrogens is 338 g/mol. The molecule has 0 bridgehead atoms. The van der Waals surface area contributed by atoms with Crippen LogP contribution in [0.5, 0.6) is 0 Å². The molecule has 0 amide bonds. The fourth-order valence-electron chi connectivity index (χ4n) is 2.02. The minimum Gasteiger partial charge on any atom is -0.292 e. The largest absolute Gasteiger partial charge is 0.292 e. The molecule has 4 heteroatoms. The number of nitriles is 1. The van der Waals surface area contributed by atoms with Crippen LogP contribution in [0, 0.1) is 18.3 Å². The monoisotopic (exact) mass is 347 g/mol. The van der Waals surface area contributed by atoms with Crippen molar-refractivity contribution in [2.75, 3.05) is 0 Å². The number of benzene rings is 2. The molecule has 0 aliphatic rings. The van der Waals surface area contributed by atoms with E-state index in [-0.39, 0.29) is 5.78 Å². The normalized spacial score (nSPS) is 11.7. The highest BCUT2D eigenvalue weighted by molar-refractivity contribution is 9.10. The molecule has 0 heterocycles. The maximum absolute atomic E-state index is 12.5. The van der Waals surface area contributed by atoms with Gasteiger partial charge in [-0.2, -0.15) is 5.26 Å². The van der Waals surface area contributed by atoms with E-state index in [2.05, 4.69) is 15.9 Å². The number of nitrogens with zero attached hydrogens (tertiary/aromatic N) is 1. The first-order chi connectivity index (χ1) is 9.52. The van der Waals surface area contributed by atoms with Crippen LogP contribution in [-0.4, -0.2) is 5.78 Å². The van der Waals surface area contributed by atoms with Gasteiger partial charge in [-0.3, -0.25) is 4.79 Å². The van der Waals surface area contributed by atoms with E-state index < -0.39 is 5.92 Å². The van der Waals surface area contributed by atoms with Gasteiger partial charge in [0.2, 0.25) is 0 Å². The molecule has 2 nitrogen and oxygen atoms in total. The predicted octanol–water partition coefficient (Wildman–Crippen LogP) is 4.90. The highest BCUT2D eigenvalue weighted by Crippen LogP contribution is 2.28. The van der Waals surface area contributed by atoms with E-state index in [0.717, 1.165) is 10.0 Å². The van der Waals surface area contributed by atoms with Gasteiger partial charge in [0.05, 0.1) is 6.07 Å². The molecule has 20 heavy (non-hydrogen) atoms. The van der Waals surface area contributed by atoms with Crippen LogP contribution < -0.4 is 0 Å². The minimum absolute atomic E-state index is 0.245. The Bertz CT molecular complexity index is 686. The maximum Gasteiger partial charge on any atom is 0.184 e. The molecule has 0 aliphatic carbocycles. The van der Waals surface area contributed by atoms with Crippen molar-refractivity contribution in [3.05, 3.63) is 68.7 Å². The summed E-state index contributed by atoms with van der Waals surface area (Å²) in [7, 11) is 0. The lowest BCUT2D eigenvalue weighted by atomic mass is 9.91. The molecule has 0 spiro atoms. The molecule has 0 radical (unpaired) electrons. The number of ketones is 1. The van der Waals surface area contributed by atoms with Gasteiger partial charge in [-0.15, -0.1) is 0 Å². The van der Waals surface area contributed by atoms with Crippen LogP contribution in [-0.2, 0) is 0 Å². The Hall–Kier alpha value is -1.63. The van der Waals surface area contributed by atoms with Gasteiger partial charge in [0.25, 0.3) is 0 Å². The molecule has 0 aliphatic heterocycles. The predicted molar refractivity (Wildman–Crippen MR) is 83.0 cm³/mol. The van der Waals surface area contributed by atoms with Gasteiger partial charge >= 0.3 is 0 Å². The van der Waals surface area contributed by atoms with Gasteiger partial charge in [-0.25, -0.2) is 0 Å². The first-order valence-electron chi connectivity index (χ1n) is 5.98. The van der Waals surface area contributed by atoms with E-state index in [9.17, 15) is 10.1 Å². The van der Waals surface area contributed by atoms with Gasteiger partial charge in [0.1, 0.15) is 5.92 Å². The topological polar surface area (TPSA) is 40.9 Å². The van der Waals surface area contributed by atoms with Crippen LogP contribution >= 0.6 is 27.5 Å². The zero-order valence-electron chi connectivity index (χ0n) is 10.7. The summed E-state index contributed by atoms with van der Waals surface area (Å²) >= 11 is 9.44. The molecule has 1 atom stereocenters. The van der Waals surface area contributed by atoms with Gasteiger partial charge in [-0.05, 0) is 42.3 Å². The summed E-state index contributed by atoms with van der Waals surface area (Å²) in [5.41, 5.74) is 2.00. The summed E-state index contributed by atoms with van der Waals surface area (Å²) in [6.07, 6.45) is 0. The van der Waals surface area contributed by atoms with E-state index in [1.165, 1.54) is 0 Å².